The SMILES string of the molecule is CCCN(CCC)CC1CCCC(C)N1. The molecule has 0 aromatic carbocycles. The zero-order valence-corrected chi connectivity index (χ0v) is 10.8. The normalized spacial score (nSPS) is 27.2. The number of hydrogen-bond acceptors (Lipinski definition) is 2. The van der Waals surface area contributed by atoms with Crippen LogP contribution in [0.15, 0.2) is 0 Å². The molecule has 1 fully saturated rings. The van der Waals surface area contributed by atoms with E-state index in [-0.39, 0.29) is 0 Å². The van der Waals surface area contributed by atoms with Gasteiger partial charge in [0.1, 0.15) is 0 Å². The monoisotopic (exact) mass is 212 g/mol. The molecule has 1 aliphatic heterocycles. The van der Waals surface area contributed by atoms with Gasteiger partial charge in [0.05, 0.1) is 0 Å². The maximum Gasteiger partial charge on any atom is 0.0197 e. The molecule has 0 spiro atoms. The van der Waals surface area contributed by atoms with Gasteiger partial charge in [-0.1, -0.05) is 20.3 Å². The molecule has 0 radical (unpaired) electrons. The van der Waals surface area contributed by atoms with Gasteiger partial charge in [-0.15, -0.1) is 0 Å². The van der Waals surface area contributed by atoms with Gasteiger partial charge in [-0.25, -0.2) is 0 Å². The Morgan fingerprint density at radius 3 is 2.33 bits per heavy atom. The Morgan fingerprint density at radius 2 is 1.80 bits per heavy atom. The van der Waals surface area contributed by atoms with Gasteiger partial charge < -0.3 is 10.2 Å². The van der Waals surface area contributed by atoms with Crippen LogP contribution in [0.2, 0.25) is 0 Å². The summed E-state index contributed by atoms with van der Waals surface area (Å²) in [6, 6.07) is 1.47. The molecule has 2 heteroatoms. The van der Waals surface area contributed by atoms with Gasteiger partial charge in [0.25, 0.3) is 0 Å². The van der Waals surface area contributed by atoms with E-state index in [0.29, 0.717) is 0 Å². The second-order valence-electron chi connectivity index (χ2n) is 5.00. The number of piperidine rings is 1. The molecule has 1 aliphatic rings. The summed E-state index contributed by atoms with van der Waals surface area (Å²) in [7, 11) is 0. The smallest absolute Gasteiger partial charge is 0.0197 e. The molecule has 0 amide bonds. The first-order chi connectivity index (χ1) is 7.26. The molecule has 1 saturated heterocycles. The van der Waals surface area contributed by atoms with E-state index in [0.717, 1.165) is 12.1 Å². The fourth-order valence-corrected chi connectivity index (χ4v) is 2.62. The summed E-state index contributed by atoms with van der Waals surface area (Å²) in [5, 5.41) is 3.72. The van der Waals surface area contributed by atoms with Gasteiger partial charge >= 0.3 is 0 Å². The molecule has 2 atom stereocenters. The zero-order chi connectivity index (χ0) is 11.1. The highest BCUT2D eigenvalue weighted by Crippen LogP contribution is 2.13. The van der Waals surface area contributed by atoms with Crippen molar-refractivity contribution in [3.8, 4) is 0 Å². The molecule has 0 aromatic rings. The number of nitrogens with zero attached hydrogens (tertiary/aromatic N) is 1. The minimum absolute atomic E-state index is 0.730. The van der Waals surface area contributed by atoms with E-state index in [1.54, 1.807) is 0 Å². The quantitative estimate of drug-likeness (QED) is 0.728. The van der Waals surface area contributed by atoms with Gasteiger partial charge in [0.2, 0.25) is 0 Å². The van der Waals surface area contributed by atoms with Crippen LogP contribution in [0.4, 0.5) is 0 Å². The summed E-state index contributed by atoms with van der Waals surface area (Å²) in [5.41, 5.74) is 0. The van der Waals surface area contributed by atoms with Crippen LogP contribution in [0.25, 0.3) is 0 Å². The Labute approximate surface area is 95.4 Å². The van der Waals surface area contributed by atoms with E-state index in [4.69, 9.17) is 0 Å². The first-order valence-electron chi connectivity index (χ1n) is 6.74. The third kappa shape index (κ3) is 4.98. The largest absolute Gasteiger partial charge is 0.310 e. The summed E-state index contributed by atoms with van der Waals surface area (Å²) in [6.45, 7) is 10.7. The number of rotatable bonds is 6. The van der Waals surface area contributed by atoms with E-state index in [9.17, 15) is 0 Å². The van der Waals surface area contributed by atoms with E-state index in [2.05, 4.69) is 31.0 Å². The molecule has 2 unspecified atom stereocenters. The van der Waals surface area contributed by atoms with Crippen LogP contribution >= 0.6 is 0 Å². The predicted octanol–water partition coefficient (Wildman–Crippen LogP) is 2.64. The Hall–Kier alpha value is -0.0800. The highest BCUT2D eigenvalue weighted by atomic mass is 15.1. The first-order valence-corrected chi connectivity index (χ1v) is 6.74. The molecule has 1 heterocycles. The van der Waals surface area contributed by atoms with Crippen LogP contribution in [0.5, 0.6) is 0 Å². The molecule has 1 rings (SSSR count). The van der Waals surface area contributed by atoms with Gasteiger partial charge in [-0.2, -0.15) is 0 Å². The lowest BCUT2D eigenvalue weighted by molar-refractivity contribution is 0.210. The highest BCUT2D eigenvalue weighted by Gasteiger charge is 2.19. The third-order valence-electron chi connectivity index (χ3n) is 3.27. The van der Waals surface area contributed by atoms with Gasteiger partial charge in [-0.05, 0) is 45.7 Å². The number of nitrogens with one attached hydrogen (secondary N) is 1. The standard InChI is InChI=1S/C13H28N2/c1-4-9-15(10-5-2)11-13-8-6-7-12(3)14-13/h12-14H,4-11H2,1-3H3. The van der Waals surface area contributed by atoms with Gasteiger partial charge in [-0.3, -0.25) is 0 Å². The Kier molecular flexibility index (Phi) is 6.26. The third-order valence-corrected chi connectivity index (χ3v) is 3.27. The first kappa shape index (κ1) is 13.0. The van der Waals surface area contributed by atoms with Crippen molar-refractivity contribution in [3.05, 3.63) is 0 Å². The van der Waals surface area contributed by atoms with E-state index >= 15 is 0 Å². The van der Waals surface area contributed by atoms with Gasteiger partial charge in [0.15, 0.2) is 0 Å². The molecule has 2 nitrogen and oxygen atoms in total. The minimum atomic E-state index is 0.730. The molecule has 0 aliphatic carbocycles. The Balaban J connectivity index is 2.28. The highest BCUT2D eigenvalue weighted by molar-refractivity contribution is 4.80. The molecular weight excluding hydrogens is 184 g/mol. The predicted molar refractivity (Wildman–Crippen MR) is 67.3 cm³/mol. The van der Waals surface area contributed by atoms with Gasteiger partial charge in [0, 0.05) is 18.6 Å². The molecule has 0 saturated carbocycles. The summed E-state index contributed by atoms with van der Waals surface area (Å²) in [5.74, 6) is 0. The summed E-state index contributed by atoms with van der Waals surface area (Å²) in [4.78, 5) is 2.62. The van der Waals surface area contributed by atoms with Crippen molar-refractivity contribution < 1.29 is 0 Å². The van der Waals surface area contributed by atoms with Crippen molar-refractivity contribution in [2.24, 2.45) is 0 Å². The van der Waals surface area contributed by atoms with Crippen molar-refractivity contribution in [1.29, 1.82) is 0 Å². The van der Waals surface area contributed by atoms with Crippen molar-refractivity contribution in [3.63, 3.8) is 0 Å². The minimum Gasteiger partial charge on any atom is -0.310 e. The Bertz CT molecular complexity index is 150. The van der Waals surface area contributed by atoms with Crippen LogP contribution < -0.4 is 5.32 Å². The zero-order valence-electron chi connectivity index (χ0n) is 10.8. The molecule has 0 aromatic heterocycles. The van der Waals surface area contributed by atoms with Crippen molar-refractivity contribution in [2.75, 3.05) is 19.6 Å². The second-order valence-corrected chi connectivity index (χ2v) is 5.00. The van der Waals surface area contributed by atoms with Crippen LogP contribution in [0, 0.1) is 0 Å². The lowest BCUT2D eigenvalue weighted by Gasteiger charge is -2.33. The molecule has 1 N–H and O–H groups in total. The van der Waals surface area contributed by atoms with Crippen molar-refractivity contribution in [1.82, 2.24) is 10.2 Å². The molecule has 90 valence electrons. The van der Waals surface area contributed by atoms with Crippen LogP contribution in [0.3, 0.4) is 0 Å². The molecule has 0 bridgehead atoms. The lowest BCUT2D eigenvalue weighted by atomic mass is 9.99. The lowest BCUT2D eigenvalue weighted by Crippen LogP contribution is -2.47. The Morgan fingerprint density at radius 1 is 1.13 bits per heavy atom. The average Bonchev–Trinajstić information content (AvgIpc) is 2.18. The second kappa shape index (κ2) is 7.24. The summed E-state index contributed by atoms with van der Waals surface area (Å²) >= 11 is 0. The average molecular weight is 212 g/mol. The summed E-state index contributed by atoms with van der Waals surface area (Å²) < 4.78 is 0. The maximum atomic E-state index is 3.72. The van der Waals surface area contributed by atoms with Crippen LogP contribution in [-0.2, 0) is 0 Å². The van der Waals surface area contributed by atoms with Crippen molar-refractivity contribution >= 4 is 0 Å². The van der Waals surface area contributed by atoms with E-state index in [1.165, 1.54) is 51.7 Å². The fraction of sp³-hybridized carbons (Fsp3) is 1.00. The maximum absolute atomic E-state index is 3.72. The summed E-state index contributed by atoms with van der Waals surface area (Å²) in [6.07, 6.45) is 6.70. The fourth-order valence-electron chi connectivity index (χ4n) is 2.62. The molecular formula is C13H28N2. The molecule has 15 heavy (non-hydrogen) atoms. The number of hydrogen-bond donors (Lipinski definition) is 1. The van der Waals surface area contributed by atoms with Crippen LogP contribution in [-0.4, -0.2) is 36.6 Å². The van der Waals surface area contributed by atoms with E-state index < -0.39 is 0 Å². The topological polar surface area (TPSA) is 15.3 Å². The van der Waals surface area contributed by atoms with E-state index in [1.807, 2.05) is 0 Å². The van der Waals surface area contributed by atoms with Crippen molar-refractivity contribution in [2.45, 2.75) is 65.0 Å². The van der Waals surface area contributed by atoms with Crippen LogP contribution in [0.1, 0.15) is 52.9 Å².